The number of rotatable bonds is 5. The molecule has 0 aliphatic heterocycles. The lowest BCUT2D eigenvalue weighted by Gasteiger charge is -2.23. The zero-order valence-electron chi connectivity index (χ0n) is 9.10. The van der Waals surface area contributed by atoms with Gasteiger partial charge in [0.15, 0.2) is 0 Å². The number of hydrogen-bond acceptors (Lipinski definition) is 3. The van der Waals surface area contributed by atoms with Gasteiger partial charge < -0.3 is 10.6 Å². The SMILES string of the molecule is CNC(C)(C)C(=O)NCC(C)SC. The summed E-state index contributed by atoms with van der Waals surface area (Å²) in [5.41, 5.74) is -0.474. The van der Waals surface area contributed by atoms with E-state index in [1.807, 2.05) is 20.1 Å². The van der Waals surface area contributed by atoms with Gasteiger partial charge in [0.25, 0.3) is 0 Å². The Hall–Kier alpha value is -0.220. The van der Waals surface area contributed by atoms with Crippen molar-refractivity contribution in [2.45, 2.75) is 31.6 Å². The number of amides is 1. The molecule has 0 aromatic heterocycles. The van der Waals surface area contributed by atoms with Crippen LogP contribution < -0.4 is 10.6 Å². The largest absolute Gasteiger partial charge is 0.353 e. The number of likely N-dealkylation sites (N-methyl/N-ethyl adjacent to an activating group) is 1. The molecule has 0 fully saturated rings. The first-order chi connectivity index (χ1) is 5.94. The fraction of sp³-hybridized carbons (Fsp3) is 0.889. The molecule has 0 saturated heterocycles. The highest BCUT2D eigenvalue weighted by molar-refractivity contribution is 7.99. The Bertz CT molecular complexity index is 171. The molecule has 1 amide bonds. The predicted molar refractivity (Wildman–Crippen MR) is 59.1 cm³/mol. The van der Waals surface area contributed by atoms with E-state index in [2.05, 4.69) is 17.6 Å². The smallest absolute Gasteiger partial charge is 0.239 e. The van der Waals surface area contributed by atoms with Gasteiger partial charge in [-0.15, -0.1) is 0 Å². The summed E-state index contributed by atoms with van der Waals surface area (Å²) in [5.74, 6) is 0.0518. The topological polar surface area (TPSA) is 41.1 Å². The van der Waals surface area contributed by atoms with Crippen LogP contribution in [0.25, 0.3) is 0 Å². The lowest BCUT2D eigenvalue weighted by Crippen LogP contribution is -2.52. The second kappa shape index (κ2) is 5.50. The summed E-state index contributed by atoms with van der Waals surface area (Å²) in [6, 6.07) is 0. The number of thioether (sulfide) groups is 1. The number of carbonyl (C=O) groups is 1. The van der Waals surface area contributed by atoms with E-state index in [0.29, 0.717) is 5.25 Å². The van der Waals surface area contributed by atoms with Crippen LogP contribution in [0.4, 0.5) is 0 Å². The van der Waals surface area contributed by atoms with Gasteiger partial charge in [0.2, 0.25) is 5.91 Å². The van der Waals surface area contributed by atoms with E-state index in [1.165, 1.54) is 0 Å². The molecule has 1 unspecified atom stereocenters. The molecule has 78 valence electrons. The van der Waals surface area contributed by atoms with Crippen LogP contribution >= 0.6 is 11.8 Å². The summed E-state index contributed by atoms with van der Waals surface area (Å²) < 4.78 is 0. The molecule has 0 radical (unpaired) electrons. The molecular formula is C9H20N2OS. The van der Waals surface area contributed by atoms with Crippen molar-refractivity contribution >= 4 is 17.7 Å². The van der Waals surface area contributed by atoms with Crippen LogP contribution in [-0.4, -0.2) is 36.5 Å². The Morgan fingerprint density at radius 2 is 2.08 bits per heavy atom. The zero-order chi connectivity index (χ0) is 10.5. The minimum atomic E-state index is -0.474. The van der Waals surface area contributed by atoms with Gasteiger partial charge in [-0.3, -0.25) is 4.79 Å². The van der Waals surface area contributed by atoms with E-state index in [-0.39, 0.29) is 5.91 Å². The third-order valence-corrected chi connectivity index (χ3v) is 3.12. The number of nitrogens with one attached hydrogen (secondary N) is 2. The number of hydrogen-bond donors (Lipinski definition) is 2. The minimum Gasteiger partial charge on any atom is -0.353 e. The Morgan fingerprint density at radius 1 is 1.54 bits per heavy atom. The fourth-order valence-electron chi connectivity index (χ4n) is 0.654. The van der Waals surface area contributed by atoms with Crippen molar-refractivity contribution in [1.29, 1.82) is 0 Å². The molecule has 2 N–H and O–H groups in total. The first-order valence-electron chi connectivity index (χ1n) is 4.44. The van der Waals surface area contributed by atoms with Crippen LogP contribution in [0.5, 0.6) is 0 Å². The Kier molecular flexibility index (Phi) is 5.40. The van der Waals surface area contributed by atoms with Crippen LogP contribution in [0.1, 0.15) is 20.8 Å². The monoisotopic (exact) mass is 204 g/mol. The lowest BCUT2D eigenvalue weighted by atomic mass is 10.1. The molecule has 13 heavy (non-hydrogen) atoms. The second-order valence-electron chi connectivity index (χ2n) is 3.63. The average Bonchev–Trinajstić information content (AvgIpc) is 2.13. The summed E-state index contributed by atoms with van der Waals surface area (Å²) in [6.45, 7) is 6.56. The highest BCUT2D eigenvalue weighted by Crippen LogP contribution is 2.04. The van der Waals surface area contributed by atoms with Gasteiger partial charge in [-0.2, -0.15) is 11.8 Å². The third-order valence-electron chi connectivity index (χ3n) is 2.15. The standard InChI is InChI=1S/C9H20N2OS/c1-7(13-5)6-11-8(12)9(2,3)10-4/h7,10H,6H2,1-5H3,(H,11,12). The maximum Gasteiger partial charge on any atom is 0.239 e. The second-order valence-corrected chi connectivity index (χ2v) is 4.91. The molecule has 0 aromatic rings. The van der Waals surface area contributed by atoms with Crippen molar-refractivity contribution in [1.82, 2.24) is 10.6 Å². The molecule has 0 aliphatic rings. The molecule has 1 atom stereocenters. The molecule has 0 saturated carbocycles. The van der Waals surface area contributed by atoms with E-state index >= 15 is 0 Å². The van der Waals surface area contributed by atoms with Gasteiger partial charge in [0.1, 0.15) is 0 Å². The van der Waals surface area contributed by atoms with Crippen molar-refractivity contribution in [2.24, 2.45) is 0 Å². The van der Waals surface area contributed by atoms with E-state index in [1.54, 1.807) is 18.8 Å². The fourth-order valence-corrected chi connectivity index (χ4v) is 0.904. The zero-order valence-corrected chi connectivity index (χ0v) is 9.92. The first kappa shape index (κ1) is 12.8. The van der Waals surface area contributed by atoms with Crippen molar-refractivity contribution in [2.75, 3.05) is 19.8 Å². The summed E-state index contributed by atoms with van der Waals surface area (Å²) in [5, 5.41) is 6.34. The van der Waals surface area contributed by atoms with E-state index in [9.17, 15) is 4.79 Å². The highest BCUT2D eigenvalue weighted by Gasteiger charge is 2.24. The van der Waals surface area contributed by atoms with Gasteiger partial charge in [-0.25, -0.2) is 0 Å². The van der Waals surface area contributed by atoms with Crippen LogP contribution in [0.15, 0.2) is 0 Å². The Labute approximate surface area is 85.0 Å². The van der Waals surface area contributed by atoms with Gasteiger partial charge in [-0.05, 0) is 27.2 Å². The normalized spacial score (nSPS) is 13.9. The van der Waals surface area contributed by atoms with E-state index in [0.717, 1.165) is 6.54 Å². The summed E-state index contributed by atoms with van der Waals surface area (Å²) >= 11 is 1.75. The average molecular weight is 204 g/mol. The maximum absolute atomic E-state index is 11.5. The van der Waals surface area contributed by atoms with Crippen molar-refractivity contribution < 1.29 is 4.79 Å². The van der Waals surface area contributed by atoms with E-state index in [4.69, 9.17) is 0 Å². The Balaban J connectivity index is 3.88. The van der Waals surface area contributed by atoms with Crippen molar-refractivity contribution in [3.63, 3.8) is 0 Å². The molecular weight excluding hydrogens is 184 g/mol. The lowest BCUT2D eigenvalue weighted by molar-refractivity contribution is -0.126. The van der Waals surface area contributed by atoms with Gasteiger partial charge in [0.05, 0.1) is 5.54 Å². The summed E-state index contributed by atoms with van der Waals surface area (Å²) in [7, 11) is 1.79. The van der Waals surface area contributed by atoms with Crippen molar-refractivity contribution in [3.8, 4) is 0 Å². The number of carbonyl (C=O) groups excluding carboxylic acids is 1. The minimum absolute atomic E-state index is 0.0518. The third kappa shape index (κ3) is 4.52. The summed E-state index contributed by atoms with van der Waals surface area (Å²) in [6.07, 6.45) is 2.04. The van der Waals surface area contributed by atoms with Crippen LogP contribution in [0.3, 0.4) is 0 Å². The maximum atomic E-state index is 11.5. The highest BCUT2D eigenvalue weighted by atomic mass is 32.2. The van der Waals surface area contributed by atoms with E-state index < -0.39 is 5.54 Å². The van der Waals surface area contributed by atoms with Gasteiger partial charge >= 0.3 is 0 Å². The van der Waals surface area contributed by atoms with Crippen molar-refractivity contribution in [3.05, 3.63) is 0 Å². The van der Waals surface area contributed by atoms with Crippen LogP contribution in [0, 0.1) is 0 Å². The molecule has 0 spiro atoms. The van der Waals surface area contributed by atoms with Crippen LogP contribution in [0.2, 0.25) is 0 Å². The van der Waals surface area contributed by atoms with Gasteiger partial charge in [-0.1, -0.05) is 6.92 Å². The molecule has 0 heterocycles. The molecule has 0 rings (SSSR count). The molecule has 0 bridgehead atoms. The molecule has 3 nitrogen and oxygen atoms in total. The molecule has 0 aromatic carbocycles. The molecule has 0 aliphatic carbocycles. The Morgan fingerprint density at radius 3 is 2.46 bits per heavy atom. The summed E-state index contributed by atoms with van der Waals surface area (Å²) in [4.78, 5) is 11.5. The van der Waals surface area contributed by atoms with Gasteiger partial charge in [0, 0.05) is 11.8 Å². The molecule has 4 heteroatoms. The quantitative estimate of drug-likeness (QED) is 0.697. The predicted octanol–water partition coefficient (Wildman–Crippen LogP) is 0.852. The van der Waals surface area contributed by atoms with Crippen LogP contribution in [-0.2, 0) is 4.79 Å². The first-order valence-corrected chi connectivity index (χ1v) is 5.73.